The lowest BCUT2D eigenvalue weighted by molar-refractivity contribution is 1.05. The fourth-order valence-corrected chi connectivity index (χ4v) is 9.49. The Balaban J connectivity index is 1.25. The van der Waals surface area contributed by atoms with E-state index in [1.165, 1.54) is 11.1 Å². The average molecular weight is 845 g/mol. The Bertz CT molecular complexity index is 3630. The van der Waals surface area contributed by atoms with Crippen LogP contribution in [-0.4, -0.2) is 24.1 Å². The van der Waals surface area contributed by atoms with Gasteiger partial charge in [0, 0.05) is 32.7 Å². The number of hydrogen-bond acceptors (Lipinski definition) is 4. The lowest BCUT2D eigenvalue weighted by Crippen LogP contribution is -2.08. The molecule has 0 saturated heterocycles. The summed E-state index contributed by atoms with van der Waals surface area (Å²) in [5.41, 5.74) is 15.4. The van der Waals surface area contributed by atoms with Gasteiger partial charge in [-0.15, -0.1) is 0 Å². The largest absolute Gasteiger partial charge is 0.308 e. The van der Waals surface area contributed by atoms with E-state index < -0.39 is 0 Å². The van der Waals surface area contributed by atoms with Crippen LogP contribution in [0.25, 0.3) is 111 Å². The minimum atomic E-state index is 0.485. The van der Waals surface area contributed by atoms with Crippen LogP contribution in [0.4, 0.5) is 0 Å². The fourth-order valence-electron chi connectivity index (χ4n) is 9.49. The standard InChI is InChI=1S/C60H40N6/c1-38-21-25-41(26-22-38)45-29-31-49-47-17-9-11-19-51(47)65(53(49)35-45)55-33-40(37-61)34-56(57(55)60-63-58(43-13-5-3-6-14-43)62-59(64-60)44-15-7-4-8-16-44)66-52-20-12-10-18-48(52)50-32-30-46(36-54(50)66)42-27-23-39(2)24-28-42/h3-36H,1-2H3. The normalized spacial score (nSPS) is 11.5. The van der Waals surface area contributed by atoms with Crippen LogP contribution in [0.15, 0.2) is 206 Å². The van der Waals surface area contributed by atoms with Crippen LogP contribution in [0.1, 0.15) is 16.7 Å². The van der Waals surface area contributed by atoms with Crippen molar-refractivity contribution in [1.82, 2.24) is 24.1 Å². The molecule has 66 heavy (non-hydrogen) atoms. The first-order valence-electron chi connectivity index (χ1n) is 22.2. The second-order valence-electron chi connectivity index (χ2n) is 16.9. The molecule has 0 aliphatic rings. The Morgan fingerprint density at radius 2 is 0.727 bits per heavy atom. The number of nitrogens with zero attached hydrogens (tertiary/aromatic N) is 6. The van der Waals surface area contributed by atoms with Crippen molar-refractivity contribution in [2.24, 2.45) is 0 Å². The molecule has 12 aromatic rings. The van der Waals surface area contributed by atoms with Crippen LogP contribution in [0.2, 0.25) is 0 Å². The summed E-state index contributed by atoms with van der Waals surface area (Å²) in [6.07, 6.45) is 0. The highest BCUT2D eigenvalue weighted by Gasteiger charge is 2.26. The van der Waals surface area contributed by atoms with Crippen LogP contribution in [-0.2, 0) is 0 Å². The summed E-state index contributed by atoms with van der Waals surface area (Å²) in [5, 5.41) is 15.5. The van der Waals surface area contributed by atoms with Crippen LogP contribution in [0, 0.1) is 25.2 Å². The van der Waals surface area contributed by atoms with Crippen molar-refractivity contribution in [2.75, 3.05) is 0 Å². The quantitative estimate of drug-likeness (QED) is 0.160. The summed E-state index contributed by atoms with van der Waals surface area (Å²) >= 11 is 0. The van der Waals surface area contributed by atoms with E-state index in [4.69, 9.17) is 15.0 Å². The zero-order chi connectivity index (χ0) is 44.3. The lowest BCUT2D eigenvalue weighted by atomic mass is 10.0. The van der Waals surface area contributed by atoms with E-state index in [1.54, 1.807) is 0 Å². The molecule has 0 aliphatic heterocycles. The second kappa shape index (κ2) is 15.7. The molecule has 0 saturated carbocycles. The minimum absolute atomic E-state index is 0.485. The molecule has 9 aromatic carbocycles. The number of nitriles is 1. The van der Waals surface area contributed by atoms with E-state index in [0.717, 1.165) is 93.9 Å². The molecular weight excluding hydrogens is 805 g/mol. The molecule has 0 unspecified atom stereocenters. The number of fused-ring (bicyclic) bond motifs is 6. The van der Waals surface area contributed by atoms with Crippen molar-refractivity contribution in [3.8, 4) is 73.9 Å². The zero-order valence-corrected chi connectivity index (χ0v) is 36.3. The highest BCUT2D eigenvalue weighted by Crippen LogP contribution is 2.44. The van der Waals surface area contributed by atoms with Crippen molar-refractivity contribution in [1.29, 1.82) is 5.26 Å². The Labute approximate surface area is 382 Å². The Hall–Kier alpha value is -8.92. The summed E-state index contributed by atoms with van der Waals surface area (Å²) in [7, 11) is 0. The monoisotopic (exact) mass is 844 g/mol. The van der Waals surface area contributed by atoms with E-state index in [9.17, 15) is 5.26 Å². The summed E-state index contributed by atoms with van der Waals surface area (Å²) in [6.45, 7) is 4.22. The van der Waals surface area contributed by atoms with Gasteiger partial charge in [0.15, 0.2) is 17.5 Å². The molecule has 0 N–H and O–H groups in total. The third kappa shape index (κ3) is 6.53. The van der Waals surface area contributed by atoms with Gasteiger partial charge in [-0.3, -0.25) is 0 Å². The van der Waals surface area contributed by atoms with Crippen molar-refractivity contribution in [2.45, 2.75) is 13.8 Å². The minimum Gasteiger partial charge on any atom is -0.308 e. The Morgan fingerprint density at radius 3 is 1.17 bits per heavy atom. The van der Waals surface area contributed by atoms with Gasteiger partial charge in [0.1, 0.15) is 0 Å². The van der Waals surface area contributed by atoms with Gasteiger partial charge in [0.25, 0.3) is 0 Å². The predicted molar refractivity (Wildman–Crippen MR) is 270 cm³/mol. The van der Waals surface area contributed by atoms with Gasteiger partial charge in [-0.2, -0.15) is 5.26 Å². The topological polar surface area (TPSA) is 72.3 Å². The maximum atomic E-state index is 11.1. The van der Waals surface area contributed by atoms with Crippen molar-refractivity contribution < 1.29 is 0 Å². The van der Waals surface area contributed by atoms with Gasteiger partial charge in [-0.25, -0.2) is 15.0 Å². The first-order chi connectivity index (χ1) is 32.5. The van der Waals surface area contributed by atoms with Crippen molar-refractivity contribution >= 4 is 43.6 Å². The molecule has 0 fully saturated rings. The zero-order valence-electron chi connectivity index (χ0n) is 36.3. The molecule has 0 atom stereocenters. The molecule has 0 aliphatic carbocycles. The van der Waals surface area contributed by atoms with Gasteiger partial charge in [-0.05, 0) is 72.5 Å². The van der Waals surface area contributed by atoms with Crippen LogP contribution in [0.3, 0.4) is 0 Å². The van der Waals surface area contributed by atoms with Gasteiger partial charge in [0.05, 0.1) is 50.6 Å². The van der Waals surface area contributed by atoms with Crippen molar-refractivity contribution in [3.05, 3.63) is 223 Å². The number of rotatable bonds is 7. The molecule has 6 nitrogen and oxygen atoms in total. The van der Waals surface area contributed by atoms with E-state index in [-0.39, 0.29) is 0 Å². The highest BCUT2D eigenvalue weighted by molar-refractivity contribution is 6.13. The van der Waals surface area contributed by atoms with Gasteiger partial charge < -0.3 is 9.13 Å². The Morgan fingerprint density at radius 1 is 0.348 bits per heavy atom. The SMILES string of the molecule is Cc1ccc(-c2ccc3c4ccccc4n(-c4cc(C#N)cc(-n5c6ccccc6c6ccc(-c7ccc(C)cc7)cc65)c4-c4nc(-c5ccccc5)nc(-c5ccccc5)n4)c3c2)cc1. The number of hydrogen-bond donors (Lipinski definition) is 0. The summed E-state index contributed by atoms with van der Waals surface area (Å²) in [5.74, 6) is 1.58. The number of para-hydroxylation sites is 2. The van der Waals surface area contributed by atoms with Crippen LogP contribution >= 0.6 is 0 Å². The van der Waals surface area contributed by atoms with E-state index in [1.807, 2.05) is 72.8 Å². The third-order valence-corrected chi connectivity index (χ3v) is 12.7. The molecule has 310 valence electrons. The summed E-state index contributed by atoms with van der Waals surface area (Å²) in [6, 6.07) is 74.5. The molecule has 12 rings (SSSR count). The molecule has 3 aromatic heterocycles. The van der Waals surface area contributed by atoms with E-state index in [2.05, 4.69) is 163 Å². The lowest BCUT2D eigenvalue weighted by Gasteiger charge is -2.21. The first kappa shape index (κ1) is 38.7. The third-order valence-electron chi connectivity index (χ3n) is 12.7. The van der Waals surface area contributed by atoms with Gasteiger partial charge in [-0.1, -0.05) is 181 Å². The van der Waals surface area contributed by atoms with Crippen LogP contribution < -0.4 is 0 Å². The second-order valence-corrected chi connectivity index (χ2v) is 16.9. The van der Waals surface area contributed by atoms with Crippen LogP contribution in [0.5, 0.6) is 0 Å². The molecule has 3 heterocycles. The maximum Gasteiger partial charge on any atom is 0.168 e. The van der Waals surface area contributed by atoms with E-state index in [0.29, 0.717) is 23.0 Å². The van der Waals surface area contributed by atoms with Gasteiger partial charge in [0.2, 0.25) is 0 Å². The first-order valence-corrected chi connectivity index (χ1v) is 22.2. The molecule has 6 heteroatoms. The molecule has 0 bridgehead atoms. The Kier molecular flexibility index (Phi) is 9.22. The molecular formula is C60H40N6. The van der Waals surface area contributed by atoms with Crippen molar-refractivity contribution in [3.63, 3.8) is 0 Å². The maximum absolute atomic E-state index is 11.1. The van der Waals surface area contributed by atoms with E-state index >= 15 is 0 Å². The fraction of sp³-hybridized carbons (Fsp3) is 0.0333. The summed E-state index contributed by atoms with van der Waals surface area (Å²) < 4.78 is 4.61. The molecule has 0 radical (unpaired) electrons. The number of aromatic nitrogens is 5. The van der Waals surface area contributed by atoms with Gasteiger partial charge >= 0.3 is 0 Å². The predicted octanol–water partition coefficient (Wildman–Crippen LogP) is 14.9. The number of aryl methyl sites for hydroxylation is 2. The molecule has 0 amide bonds. The smallest absolute Gasteiger partial charge is 0.168 e. The number of benzene rings is 9. The average Bonchev–Trinajstić information content (AvgIpc) is 3.89. The summed E-state index contributed by atoms with van der Waals surface area (Å²) in [4.78, 5) is 16.0. The molecule has 0 spiro atoms. The highest BCUT2D eigenvalue weighted by atomic mass is 15.1.